The van der Waals surface area contributed by atoms with E-state index in [0.29, 0.717) is 12.0 Å². The van der Waals surface area contributed by atoms with Gasteiger partial charge in [-0.3, -0.25) is 4.79 Å². The van der Waals surface area contributed by atoms with Crippen LogP contribution in [0.25, 0.3) is 11.1 Å². The highest BCUT2D eigenvalue weighted by atomic mass is 16.3. The van der Waals surface area contributed by atoms with Crippen molar-refractivity contribution in [3.63, 3.8) is 0 Å². The molecule has 1 heterocycles. The summed E-state index contributed by atoms with van der Waals surface area (Å²) in [5, 5.41) is 15.6. The molecule has 4 nitrogen and oxygen atoms in total. The van der Waals surface area contributed by atoms with Crippen molar-refractivity contribution < 1.29 is 9.90 Å². The molecule has 2 aromatic carbocycles. The van der Waals surface area contributed by atoms with Crippen LogP contribution in [-0.2, 0) is 0 Å². The van der Waals surface area contributed by atoms with Crippen molar-refractivity contribution >= 4 is 11.6 Å². The van der Waals surface area contributed by atoms with Gasteiger partial charge in [0.2, 0.25) is 0 Å². The van der Waals surface area contributed by atoms with Crippen molar-refractivity contribution in [1.82, 2.24) is 5.01 Å². The quantitative estimate of drug-likeness (QED) is 0.924. The Kier molecular flexibility index (Phi) is 3.54. The van der Waals surface area contributed by atoms with Crippen LogP contribution in [0.4, 0.5) is 0 Å². The lowest BCUT2D eigenvalue weighted by atomic mass is 10.0. The van der Waals surface area contributed by atoms with Gasteiger partial charge >= 0.3 is 0 Å². The minimum absolute atomic E-state index is 0.290. The Morgan fingerprint density at radius 2 is 1.68 bits per heavy atom. The van der Waals surface area contributed by atoms with Gasteiger partial charge in [0.1, 0.15) is 0 Å². The predicted octanol–water partition coefficient (Wildman–Crippen LogP) is 3.28. The van der Waals surface area contributed by atoms with Gasteiger partial charge < -0.3 is 5.11 Å². The monoisotopic (exact) mass is 294 g/mol. The summed E-state index contributed by atoms with van der Waals surface area (Å²) in [7, 11) is 0. The zero-order valence-electron chi connectivity index (χ0n) is 12.7. The standard InChI is InChI=1S/C18H18N2O2/c1-13-12-18(2,22)20(19-13)17(21)16-10-8-15(9-11-16)14-6-4-3-5-7-14/h3-11,22H,12H2,1-2H3/t18-/m1/s1. The number of nitrogens with zero attached hydrogens (tertiary/aromatic N) is 2. The van der Waals surface area contributed by atoms with E-state index in [1.165, 1.54) is 5.01 Å². The summed E-state index contributed by atoms with van der Waals surface area (Å²) in [5.41, 5.74) is 2.16. The molecule has 4 heteroatoms. The second kappa shape index (κ2) is 5.39. The molecule has 0 fully saturated rings. The average Bonchev–Trinajstić information content (AvgIpc) is 2.80. The molecule has 0 unspecified atom stereocenters. The number of hydrogen-bond donors (Lipinski definition) is 1. The number of amides is 1. The number of rotatable bonds is 2. The van der Waals surface area contributed by atoms with Crippen molar-refractivity contribution in [3.05, 3.63) is 60.2 Å². The number of carbonyl (C=O) groups excluding carboxylic acids is 1. The van der Waals surface area contributed by atoms with Crippen LogP contribution >= 0.6 is 0 Å². The normalized spacial score (nSPS) is 20.9. The molecule has 1 aliphatic heterocycles. The van der Waals surface area contributed by atoms with Gasteiger partial charge in [-0.25, -0.2) is 0 Å². The van der Waals surface area contributed by atoms with E-state index in [0.717, 1.165) is 16.8 Å². The van der Waals surface area contributed by atoms with Crippen LogP contribution in [0.2, 0.25) is 0 Å². The fourth-order valence-electron chi connectivity index (χ4n) is 2.70. The summed E-state index contributed by atoms with van der Waals surface area (Å²) in [6.45, 7) is 3.41. The first-order chi connectivity index (χ1) is 10.5. The lowest BCUT2D eigenvalue weighted by Gasteiger charge is -2.27. The molecule has 1 atom stereocenters. The predicted molar refractivity (Wildman–Crippen MR) is 86.4 cm³/mol. The Balaban J connectivity index is 1.86. The Labute approximate surface area is 129 Å². The van der Waals surface area contributed by atoms with Crippen molar-refractivity contribution in [2.45, 2.75) is 26.0 Å². The molecule has 22 heavy (non-hydrogen) atoms. The van der Waals surface area contributed by atoms with Crippen LogP contribution in [0, 0.1) is 0 Å². The van der Waals surface area contributed by atoms with Crippen LogP contribution in [0.15, 0.2) is 59.7 Å². The minimum atomic E-state index is -1.25. The molecular weight excluding hydrogens is 276 g/mol. The van der Waals surface area contributed by atoms with Crippen LogP contribution in [0.5, 0.6) is 0 Å². The van der Waals surface area contributed by atoms with Crippen LogP contribution in [0.1, 0.15) is 30.6 Å². The molecule has 3 rings (SSSR count). The Morgan fingerprint density at radius 3 is 2.23 bits per heavy atom. The zero-order valence-corrected chi connectivity index (χ0v) is 12.7. The number of hydrazone groups is 1. The first-order valence-electron chi connectivity index (χ1n) is 7.24. The molecular formula is C18H18N2O2. The van der Waals surface area contributed by atoms with E-state index in [4.69, 9.17) is 0 Å². The molecule has 1 aliphatic rings. The van der Waals surface area contributed by atoms with Gasteiger partial charge in [0.25, 0.3) is 5.91 Å². The SMILES string of the molecule is CC1=NN(C(=O)c2ccc(-c3ccccc3)cc2)[C@](C)(O)C1. The summed E-state index contributed by atoms with van der Waals surface area (Å²) in [6, 6.07) is 17.3. The van der Waals surface area contributed by atoms with Crippen LogP contribution in [-0.4, -0.2) is 27.5 Å². The second-order valence-electron chi connectivity index (χ2n) is 5.79. The minimum Gasteiger partial charge on any atom is -0.369 e. The molecule has 0 saturated carbocycles. The highest BCUT2D eigenvalue weighted by Crippen LogP contribution is 2.27. The van der Waals surface area contributed by atoms with E-state index in [-0.39, 0.29) is 5.91 Å². The highest BCUT2D eigenvalue weighted by molar-refractivity contribution is 5.98. The first kappa shape index (κ1) is 14.5. The van der Waals surface area contributed by atoms with Gasteiger partial charge in [-0.05, 0) is 37.1 Å². The number of benzene rings is 2. The average molecular weight is 294 g/mol. The van der Waals surface area contributed by atoms with Gasteiger partial charge in [-0.15, -0.1) is 0 Å². The lowest BCUT2D eigenvalue weighted by Crippen LogP contribution is -2.43. The molecule has 112 valence electrons. The molecule has 0 bridgehead atoms. The zero-order chi connectivity index (χ0) is 15.7. The number of aliphatic hydroxyl groups is 1. The summed E-state index contributed by atoms with van der Waals surface area (Å²) in [4.78, 5) is 12.5. The van der Waals surface area contributed by atoms with E-state index in [1.807, 2.05) is 42.5 Å². The maximum Gasteiger partial charge on any atom is 0.276 e. The summed E-state index contributed by atoms with van der Waals surface area (Å²) >= 11 is 0. The molecule has 1 N–H and O–H groups in total. The highest BCUT2D eigenvalue weighted by Gasteiger charge is 2.39. The largest absolute Gasteiger partial charge is 0.369 e. The maximum absolute atomic E-state index is 12.5. The fraction of sp³-hybridized carbons (Fsp3) is 0.222. The summed E-state index contributed by atoms with van der Waals surface area (Å²) < 4.78 is 0. The van der Waals surface area contributed by atoms with Crippen LogP contribution in [0.3, 0.4) is 0 Å². The number of hydrogen-bond acceptors (Lipinski definition) is 3. The second-order valence-corrected chi connectivity index (χ2v) is 5.79. The molecule has 0 saturated heterocycles. The Bertz CT molecular complexity index is 719. The van der Waals surface area contributed by atoms with E-state index < -0.39 is 5.72 Å². The molecule has 0 spiro atoms. The van der Waals surface area contributed by atoms with E-state index in [2.05, 4.69) is 5.10 Å². The summed E-state index contributed by atoms with van der Waals surface area (Å²) in [6.07, 6.45) is 0.376. The van der Waals surface area contributed by atoms with Crippen molar-refractivity contribution in [3.8, 4) is 11.1 Å². The van der Waals surface area contributed by atoms with Crippen molar-refractivity contribution in [1.29, 1.82) is 0 Å². The summed E-state index contributed by atoms with van der Waals surface area (Å²) in [5.74, 6) is -0.290. The number of carbonyl (C=O) groups is 1. The third kappa shape index (κ3) is 2.65. The van der Waals surface area contributed by atoms with E-state index in [1.54, 1.807) is 26.0 Å². The van der Waals surface area contributed by atoms with Gasteiger partial charge in [-0.2, -0.15) is 10.1 Å². The third-order valence-electron chi connectivity index (χ3n) is 3.75. The molecule has 2 aromatic rings. The van der Waals surface area contributed by atoms with E-state index >= 15 is 0 Å². The Hall–Kier alpha value is -2.46. The molecule has 1 amide bonds. The Morgan fingerprint density at radius 1 is 1.09 bits per heavy atom. The first-order valence-corrected chi connectivity index (χ1v) is 7.24. The smallest absolute Gasteiger partial charge is 0.276 e. The third-order valence-corrected chi connectivity index (χ3v) is 3.75. The van der Waals surface area contributed by atoms with Gasteiger partial charge in [0.05, 0.1) is 0 Å². The van der Waals surface area contributed by atoms with Gasteiger partial charge in [-0.1, -0.05) is 42.5 Å². The van der Waals surface area contributed by atoms with Gasteiger partial charge in [0.15, 0.2) is 5.72 Å². The van der Waals surface area contributed by atoms with Crippen molar-refractivity contribution in [2.24, 2.45) is 5.10 Å². The molecule has 0 aromatic heterocycles. The topological polar surface area (TPSA) is 52.9 Å². The fourth-order valence-corrected chi connectivity index (χ4v) is 2.70. The molecule has 0 radical (unpaired) electrons. The molecule has 0 aliphatic carbocycles. The maximum atomic E-state index is 12.5. The van der Waals surface area contributed by atoms with Crippen LogP contribution < -0.4 is 0 Å². The van der Waals surface area contributed by atoms with Crippen molar-refractivity contribution in [2.75, 3.05) is 0 Å². The van der Waals surface area contributed by atoms with E-state index in [9.17, 15) is 9.90 Å². The lowest BCUT2D eigenvalue weighted by molar-refractivity contribution is -0.0553. The van der Waals surface area contributed by atoms with Gasteiger partial charge in [0, 0.05) is 17.7 Å².